The number of amides is 1. The van der Waals surface area contributed by atoms with Gasteiger partial charge in [0.2, 0.25) is 0 Å². The molecule has 3 N–H and O–H groups in total. The highest BCUT2D eigenvalue weighted by Gasteiger charge is 2.38. The van der Waals surface area contributed by atoms with E-state index in [0.717, 1.165) is 61.7 Å². The van der Waals surface area contributed by atoms with Crippen molar-refractivity contribution in [2.24, 2.45) is 11.8 Å². The monoisotopic (exact) mass is 620 g/mol. The number of carbonyl (C=O) groups excluding carboxylic acids is 1. The molecule has 0 saturated carbocycles. The van der Waals surface area contributed by atoms with E-state index in [1.807, 2.05) is 19.1 Å². The first-order valence-corrected chi connectivity index (χ1v) is 15.2. The van der Waals surface area contributed by atoms with Crippen molar-refractivity contribution in [1.29, 1.82) is 5.26 Å². The molecule has 0 unspecified atom stereocenters. The molecule has 2 aliphatic rings. The summed E-state index contributed by atoms with van der Waals surface area (Å²) in [6.45, 7) is 7.85. The van der Waals surface area contributed by atoms with E-state index in [0.29, 0.717) is 41.6 Å². The minimum atomic E-state index is -4.72. The van der Waals surface area contributed by atoms with Crippen molar-refractivity contribution in [3.63, 3.8) is 0 Å². The summed E-state index contributed by atoms with van der Waals surface area (Å²) in [5, 5.41) is 22.2. The maximum atomic E-state index is 13.8. The predicted molar refractivity (Wildman–Crippen MR) is 162 cm³/mol. The van der Waals surface area contributed by atoms with E-state index in [1.54, 1.807) is 12.1 Å². The van der Waals surface area contributed by atoms with Crippen LogP contribution >= 0.6 is 0 Å². The van der Waals surface area contributed by atoms with Crippen molar-refractivity contribution < 1.29 is 18.0 Å². The molecule has 0 radical (unpaired) electrons. The molecule has 236 valence electrons. The number of benzene rings is 1. The van der Waals surface area contributed by atoms with Crippen LogP contribution in [0.5, 0.6) is 0 Å². The Morgan fingerprint density at radius 3 is 2.67 bits per heavy atom. The molecule has 2 saturated heterocycles. The molecule has 1 amide bonds. The number of fused-ring (bicyclic) bond motifs is 1. The topological polar surface area (TPSA) is 128 Å². The van der Waals surface area contributed by atoms with Gasteiger partial charge >= 0.3 is 6.18 Å². The largest absolute Gasteiger partial charge is 0.435 e. The number of rotatable bonds is 10. The fourth-order valence-electron chi connectivity index (χ4n) is 6.05. The fraction of sp³-hybridized carbons (Fsp3) is 0.452. The van der Waals surface area contributed by atoms with Crippen LogP contribution in [0.25, 0.3) is 16.9 Å². The van der Waals surface area contributed by atoms with Crippen LogP contribution in [0.15, 0.2) is 43.0 Å². The molecule has 2 aliphatic heterocycles. The molecular weight excluding hydrogens is 585 g/mol. The number of imidazole rings is 1. The molecule has 0 bridgehead atoms. The molecule has 5 heterocycles. The summed E-state index contributed by atoms with van der Waals surface area (Å²) in [6.07, 6.45) is 3.57. The number of aryl methyl sites for hydroxylation is 1. The van der Waals surface area contributed by atoms with Crippen LogP contribution < -0.4 is 16.0 Å². The number of nitrogens with one attached hydrogen (secondary N) is 3. The zero-order valence-corrected chi connectivity index (χ0v) is 24.9. The second-order valence-corrected chi connectivity index (χ2v) is 11.7. The van der Waals surface area contributed by atoms with Crippen molar-refractivity contribution in [2.45, 2.75) is 38.9 Å². The molecule has 14 heteroatoms. The van der Waals surface area contributed by atoms with E-state index >= 15 is 0 Å². The highest BCUT2D eigenvalue weighted by Crippen LogP contribution is 2.37. The molecule has 11 nitrogen and oxygen atoms in total. The lowest BCUT2D eigenvalue weighted by Crippen LogP contribution is -2.50. The summed E-state index contributed by atoms with van der Waals surface area (Å²) in [4.78, 5) is 24.4. The van der Waals surface area contributed by atoms with Crippen LogP contribution in [0.3, 0.4) is 0 Å². The minimum Gasteiger partial charge on any atom is -0.352 e. The second-order valence-electron chi connectivity index (χ2n) is 11.7. The summed E-state index contributed by atoms with van der Waals surface area (Å²) in [6, 6.07) is 7.25. The molecule has 0 atom stereocenters. The molecule has 0 spiro atoms. The highest BCUT2D eigenvalue weighted by atomic mass is 19.4. The maximum Gasteiger partial charge on any atom is 0.435 e. The SMILES string of the molecule is CCc1cc(Nc2nccn3c(-c4cn(CC#N)nc4C(F)(F)F)cnc23)ccc1C(=O)NCC1CCN(CC2CNC2)CC1. The summed E-state index contributed by atoms with van der Waals surface area (Å²) in [7, 11) is 0. The summed E-state index contributed by atoms with van der Waals surface area (Å²) >= 11 is 0. The molecule has 45 heavy (non-hydrogen) atoms. The van der Waals surface area contributed by atoms with E-state index < -0.39 is 11.9 Å². The van der Waals surface area contributed by atoms with Gasteiger partial charge in [0, 0.05) is 56.0 Å². The van der Waals surface area contributed by atoms with Crippen molar-refractivity contribution in [2.75, 3.05) is 44.6 Å². The van der Waals surface area contributed by atoms with Crippen molar-refractivity contribution in [3.05, 3.63) is 59.8 Å². The molecule has 0 aliphatic carbocycles. The third-order valence-corrected chi connectivity index (χ3v) is 8.60. The standard InChI is InChI=1S/C31H35F3N10O/c1-2-22-13-23(3-4-24(22)30(45)39-16-20-5-9-42(10-6-20)18-21-14-36-15-21)40-28-29-38-17-26(44(29)12-8-37-28)25-19-43(11-7-35)41-27(25)31(32,33)34/h3-4,8,12-13,17,19-21,36H,2,5-6,9-11,14-16,18H2,1H3,(H,37,40)(H,39,45). The van der Waals surface area contributed by atoms with Crippen LogP contribution in [0.1, 0.15) is 41.4 Å². The Labute approximate surface area is 258 Å². The van der Waals surface area contributed by atoms with Crippen molar-refractivity contribution >= 4 is 23.1 Å². The van der Waals surface area contributed by atoms with E-state index in [4.69, 9.17) is 5.26 Å². The quantitative estimate of drug-likeness (QED) is 0.242. The zero-order chi connectivity index (χ0) is 31.6. The number of aromatic nitrogens is 5. The molecule has 2 fully saturated rings. The van der Waals surface area contributed by atoms with Crippen LogP contribution in [-0.2, 0) is 19.1 Å². The average Bonchev–Trinajstić information content (AvgIpc) is 3.63. The van der Waals surface area contributed by atoms with Gasteiger partial charge in [-0.25, -0.2) is 9.97 Å². The zero-order valence-electron chi connectivity index (χ0n) is 24.9. The predicted octanol–water partition coefficient (Wildman–Crippen LogP) is 4.10. The molecule has 3 aromatic heterocycles. The lowest BCUT2D eigenvalue weighted by atomic mass is 9.94. The molecule has 1 aromatic carbocycles. The first kappa shape index (κ1) is 30.5. The number of alkyl halides is 3. The van der Waals surface area contributed by atoms with Gasteiger partial charge in [-0.05, 0) is 68.0 Å². The van der Waals surface area contributed by atoms with E-state index in [1.165, 1.54) is 29.2 Å². The van der Waals surface area contributed by atoms with Crippen LogP contribution in [0.2, 0.25) is 0 Å². The van der Waals surface area contributed by atoms with Gasteiger partial charge in [0.05, 0.1) is 23.5 Å². The molecular formula is C31H35F3N10O. The number of nitrogens with zero attached hydrogens (tertiary/aromatic N) is 7. The Bertz CT molecular complexity index is 1710. The minimum absolute atomic E-state index is 0.100. The average molecular weight is 621 g/mol. The van der Waals surface area contributed by atoms with Crippen molar-refractivity contribution in [1.82, 2.24) is 39.7 Å². The Hall–Kier alpha value is -4.48. The van der Waals surface area contributed by atoms with Gasteiger partial charge in [-0.3, -0.25) is 13.9 Å². The smallest absolute Gasteiger partial charge is 0.352 e. The van der Waals surface area contributed by atoms with Crippen LogP contribution in [-0.4, -0.2) is 74.2 Å². The number of likely N-dealkylation sites (tertiary alicyclic amines) is 1. The molecule has 6 rings (SSSR count). The Morgan fingerprint density at radius 2 is 1.98 bits per heavy atom. The summed E-state index contributed by atoms with van der Waals surface area (Å²) in [5.74, 6) is 1.47. The van der Waals surface area contributed by atoms with Gasteiger partial charge in [0.1, 0.15) is 6.54 Å². The van der Waals surface area contributed by atoms with Gasteiger partial charge in [-0.1, -0.05) is 6.92 Å². The van der Waals surface area contributed by atoms with E-state index in [9.17, 15) is 18.0 Å². The third kappa shape index (κ3) is 6.64. The Morgan fingerprint density at radius 1 is 1.18 bits per heavy atom. The highest BCUT2D eigenvalue weighted by molar-refractivity contribution is 5.96. The first-order valence-electron chi connectivity index (χ1n) is 15.2. The normalized spacial score (nSPS) is 16.4. The van der Waals surface area contributed by atoms with Gasteiger partial charge < -0.3 is 20.9 Å². The number of piperidine rings is 1. The number of halogens is 3. The number of nitriles is 1. The maximum absolute atomic E-state index is 13.8. The third-order valence-electron chi connectivity index (χ3n) is 8.60. The second kappa shape index (κ2) is 12.9. The van der Waals surface area contributed by atoms with Gasteiger partial charge in [-0.15, -0.1) is 0 Å². The van der Waals surface area contributed by atoms with Gasteiger partial charge in [-0.2, -0.15) is 23.5 Å². The lowest BCUT2D eigenvalue weighted by molar-refractivity contribution is -0.141. The van der Waals surface area contributed by atoms with Crippen LogP contribution in [0.4, 0.5) is 24.7 Å². The number of carbonyl (C=O) groups is 1. The Balaban J connectivity index is 1.14. The van der Waals surface area contributed by atoms with E-state index in [2.05, 4.69) is 35.9 Å². The Kier molecular flexibility index (Phi) is 8.73. The van der Waals surface area contributed by atoms with Gasteiger partial charge in [0.15, 0.2) is 17.2 Å². The first-order chi connectivity index (χ1) is 21.7. The van der Waals surface area contributed by atoms with Crippen molar-refractivity contribution in [3.8, 4) is 17.3 Å². The summed E-state index contributed by atoms with van der Waals surface area (Å²) in [5.41, 5.74) is 1.32. The number of hydrogen-bond donors (Lipinski definition) is 3. The van der Waals surface area contributed by atoms with Crippen LogP contribution in [0, 0.1) is 23.2 Å². The fourth-order valence-corrected chi connectivity index (χ4v) is 6.05. The number of hydrogen-bond acceptors (Lipinski definition) is 8. The summed E-state index contributed by atoms with van der Waals surface area (Å²) < 4.78 is 43.8. The number of anilines is 2. The van der Waals surface area contributed by atoms with E-state index in [-0.39, 0.29) is 23.7 Å². The van der Waals surface area contributed by atoms with Gasteiger partial charge in [0.25, 0.3) is 5.91 Å². The molecule has 4 aromatic rings. The lowest BCUT2D eigenvalue weighted by Gasteiger charge is -2.37.